The van der Waals surface area contributed by atoms with Crippen LogP contribution in [0.4, 0.5) is 0 Å². The number of hydrogen-bond donors (Lipinski definition) is 7. The SMILES string of the molecule is CC#CC#CC#CC#CC#CC#CC#CC#CC#CC#CC#CC(=O)N[C@@H](COC1OC(CO)C(O)C(O)C1O)[C@H](O)[C@H](O)Cc1ccc(C)cc1.[HH].[HH].[HH].[HH].[HH].[HH].[HH].[HH].[HH].[HH].[HH].[HH].[HH].[HH].[HH].[HH].[HH].[HH].[HH].[HH].[HH].[HH]. The van der Waals surface area contributed by atoms with E-state index >= 15 is 0 Å². The fourth-order valence-electron chi connectivity index (χ4n) is 3.90. The lowest BCUT2D eigenvalue weighted by Crippen LogP contribution is -2.60. The first-order valence-electron chi connectivity index (χ1n) is 15.2. The van der Waals surface area contributed by atoms with Crippen molar-refractivity contribution in [3.05, 3.63) is 35.4 Å². The number of hydrogen-bond acceptors (Lipinski definition) is 9. The van der Waals surface area contributed by atoms with E-state index in [9.17, 15) is 35.4 Å². The van der Waals surface area contributed by atoms with Crippen molar-refractivity contribution >= 4 is 5.91 Å². The molecule has 0 aromatic heterocycles. The Morgan fingerprint density at radius 1 is 0.750 bits per heavy atom. The van der Waals surface area contributed by atoms with Gasteiger partial charge in [0, 0.05) is 67.4 Å². The van der Waals surface area contributed by atoms with Crippen molar-refractivity contribution in [2.75, 3.05) is 13.2 Å². The molecule has 5 unspecified atom stereocenters. The van der Waals surface area contributed by atoms with Gasteiger partial charge >= 0.3 is 0 Å². The van der Waals surface area contributed by atoms with E-state index < -0.39 is 68.1 Å². The molecule has 1 aromatic rings. The molecule has 52 heavy (non-hydrogen) atoms. The number of aliphatic hydroxyl groups excluding tert-OH is 6. The molecule has 1 aliphatic heterocycles. The predicted octanol–water partition coefficient (Wildman–Crippen LogP) is 3.03. The van der Waals surface area contributed by atoms with Gasteiger partial charge in [-0.15, -0.1) is 0 Å². The van der Waals surface area contributed by atoms with Crippen LogP contribution in [0.1, 0.15) is 49.4 Å². The maximum atomic E-state index is 12.6. The van der Waals surface area contributed by atoms with E-state index in [1.807, 2.05) is 19.1 Å². The summed E-state index contributed by atoms with van der Waals surface area (Å²) in [5.74, 6) is 53.1. The molecule has 8 atom stereocenters. The molecule has 7 N–H and O–H groups in total. The van der Waals surface area contributed by atoms with Crippen molar-refractivity contribution in [3.8, 4) is 130 Å². The van der Waals surface area contributed by atoms with Crippen molar-refractivity contribution in [2.24, 2.45) is 0 Å². The lowest BCUT2D eigenvalue weighted by atomic mass is 9.98. The van der Waals surface area contributed by atoms with E-state index in [2.05, 4.69) is 136 Å². The third-order valence-electron chi connectivity index (χ3n) is 6.47. The van der Waals surface area contributed by atoms with Crippen LogP contribution >= 0.6 is 0 Å². The third kappa shape index (κ3) is 16.3. The topological polar surface area (TPSA) is 169 Å². The van der Waals surface area contributed by atoms with Gasteiger partial charge < -0.3 is 45.4 Å². The molecule has 0 saturated carbocycles. The molecule has 2 rings (SSSR count). The van der Waals surface area contributed by atoms with Crippen LogP contribution in [0.15, 0.2) is 24.3 Å². The molecule has 0 spiro atoms. The monoisotopic (exact) mass is 738 g/mol. The molecular formula is C42H75NO9. The first-order chi connectivity index (χ1) is 25.2. The van der Waals surface area contributed by atoms with Crippen LogP contribution in [0, 0.1) is 137 Å². The number of carbonyl (C=O) groups excluding carboxylic acids is 1. The maximum absolute atomic E-state index is 12.6. The van der Waals surface area contributed by atoms with Crippen molar-refractivity contribution in [2.45, 2.75) is 69.2 Å². The van der Waals surface area contributed by atoms with Crippen LogP contribution in [-0.4, -0.2) is 98.7 Å². The highest BCUT2D eigenvalue weighted by Gasteiger charge is 2.44. The summed E-state index contributed by atoms with van der Waals surface area (Å²) in [5, 5.41) is 63.9. The highest BCUT2D eigenvalue weighted by atomic mass is 16.7. The molecule has 1 saturated heterocycles. The average molecular weight is 738 g/mol. The van der Waals surface area contributed by atoms with Crippen LogP contribution in [0.5, 0.6) is 0 Å². The van der Waals surface area contributed by atoms with Crippen molar-refractivity contribution < 1.29 is 76.3 Å². The van der Waals surface area contributed by atoms with Gasteiger partial charge in [0.15, 0.2) is 6.29 Å². The molecule has 1 aliphatic rings. The summed E-state index contributed by atoms with van der Waals surface area (Å²) in [7, 11) is 0. The van der Waals surface area contributed by atoms with E-state index in [1.54, 1.807) is 19.1 Å². The standard InChI is InChI=1S/C42H31NO9.22H2/c1-3-4-5-6-7-8-9-10-11-12-13-14-15-16-17-18-19-20-21-22-23-24-37(46)43-34(38(47)35(45)29-33-27-25-32(2)26-28-33)31-51-42-41(50)40(49)39(48)36(30-44)52-42;;;;;;;;;;;;;;;;;;;;;;/h25-28,34-36,38-42,44-45,47-50H,29-31H2,1-2H3,(H,43,46);22*1H/t34-,35+,36?,38-,39?,40?,41?,42?;;;;;;;;;;;;;;;;;;;;;;/m0....................../s1. The first kappa shape index (κ1) is 41.7. The molecule has 10 nitrogen and oxygen atoms in total. The smallest absolute Gasteiger partial charge is 0.297 e. The molecule has 1 aromatic carbocycles. The zero-order valence-electron chi connectivity index (χ0n) is 28.0. The first-order valence-corrected chi connectivity index (χ1v) is 15.2. The summed E-state index contributed by atoms with van der Waals surface area (Å²) in [4.78, 5) is 12.6. The minimum absolute atomic E-state index is 0. The highest BCUT2D eigenvalue weighted by Crippen LogP contribution is 2.22. The summed E-state index contributed by atoms with van der Waals surface area (Å²) >= 11 is 0. The van der Waals surface area contributed by atoms with Gasteiger partial charge in [-0.25, -0.2) is 0 Å². The number of aliphatic hydroxyl groups is 6. The summed E-state index contributed by atoms with van der Waals surface area (Å²) in [5.41, 5.74) is 1.72. The number of nitrogens with one attached hydrogen (secondary N) is 1. The fourth-order valence-corrected chi connectivity index (χ4v) is 3.90. The number of rotatable bonds is 9. The van der Waals surface area contributed by atoms with Gasteiger partial charge in [0.1, 0.15) is 30.5 Å². The Labute approximate surface area is 336 Å². The number of ether oxygens (including phenoxy) is 2. The molecule has 1 heterocycles. The minimum Gasteiger partial charge on any atom is -0.394 e. The molecule has 302 valence electrons. The number of benzene rings is 1. The summed E-state index contributed by atoms with van der Waals surface area (Å²) in [6.07, 6.45) is -10.8. The molecule has 1 amide bonds. The second-order valence-corrected chi connectivity index (χ2v) is 10.2. The Kier molecular flexibility index (Phi) is 19.8. The zero-order valence-corrected chi connectivity index (χ0v) is 28.0. The second-order valence-electron chi connectivity index (χ2n) is 10.2. The van der Waals surface area contributed by atoms with E-state index in [0.29, 0.717) is 0 Å². The van der Waals surface area contributed by atoms with E-state index in [0.717, 1.165) is 11.1 Å². The largest absolute Gasteiger partial charge is 0.394 e. The Morgan fingerprint density at radius 2 is 1.21 bits per heavy atom. The van der Waals surface area contributed by atoms with Gasteiger partial charge in [0.2, 0.25) is 0 Å². The van der Waals surface area contributed by atoms with Gasteiger partial charge in [-0.2, -0.15) is 0 Å². The molecule has 0 radical (unpaired) electrons. The lowest BCUT2D eigenvalue weighted by molar-refractivity contribution is -0.303. The summed E-state index contributed by atoms with van der Waals surface area (Å²) < 4.78 is 10.8. The fraction of sp³-hybridized carbons (Fsp3) is 0.310. The van der Waals surface area contributed by atoms with Crippen LogP contribution in [0.2, 0.25) is 0 Å². The third-order valence-corrected chi connectivity index (χ3v) is 6.47. The Hall–Kier alpha value is -6.47. The van der Waals surface area contributed by atoms with Crippen LogP contribution in [0.3, 0.4) is 0 Å². The zero-order chi connectivity index (χ0) is 38.0. The number of aryl methyl sites for hydroxylation is 1. The van der Waals surface area contributed by atoms with Crippen molar-refractivity contribution in [1.82, 2.24) is 5.32 Å². The van der Waals surface area contributed by atoms with E-state index in [4.69, 9.17) is 9.47 Å². The normalized spacial score (nSPS) is 18.9. The number of carbonyl (C=O) groups is 1. The molecule has 10 heteroatoms. The molecule has 0 aliphatic carbocycles. The lowest BCUT2D eigenvalue weighted by Gasteiger charge is -2.40. The van der Waals surface area contributed by atoms with Crippen LogP contribution in [0.25, 0.3) is 0 Å². The van der Waals surface area contributed by atoms with Crippen LogP contribution in [-0.2, 0) is 20.7 Å². The van der Waals surface area contributed by atoms with Gasteiger partial charge in [0.05, 0.1) is 25.4 Å². The molecular weight excluding hydrogens is 662 g/mol. The Morgan fingerprint density at radius 3 is 1.67 bits per heavy atom. The molecule has 1 fully saturated rings. The van der Waals surface area contributed by atoms with Crippen LogP contribution < -0.4 is 5.32 Å². The second kappa shape index (κ2) is 24.6. The quantitative estimate of drug-likeness (QED) is 0.189. The summed E-state index contributed by atoms with van der Waals surface area (Å²) in [6, 6.07) is 5.95. The number of amides is 1. The van der Waals surface area contributed by atoms with E-state index in [1.165, 1.54) is 0 Å². The predicted molar refractivity (Wildman–Crippen MR) is 236 cm³/mol. The van der Waals surface area contributed by atoms with Gasteiger partial charge in [-0.1, -0.05) is 35.7 Å². The van der Waals surface area contributed by atoms with Gasteiger partial charge in [-0.3, -0.25) is 4.79 Å². The van der Waals surface area contributed by atoms with E-state index in [-0.39, 0.29) is 37.8 Å². The minimum atomic E-state index is -1.72. The Balaban J connectivity index is -0.0000000672. The maximum Gasteiger partial charge on any atom is 0.297 e. The summed E-state index contributed by atoms with van der Waals surface area (Å²) in [6.45, 7) is 2.36. The molecule has 0 bridgehead atoms. The van der Waals surface area contributed by atoms with Crippen molar-refractivity contribution in [3.63, 3.8) is 0 Å². The van der Waals surface area contributed by atoms with Crippen molar-refractivity contribution in [1.29, 1.82) is 0 Å². The Bertz CT molecular complexity index is 2200. The average Bonchev–Trinajstić information content (AvgIpc) is 3.14. The van der Waals surface area contributed by atoms with Gasteiger partial charge in [0.25, 0.3) is 5.91 Å². The van der Waals surface area contributed by atoms with Gasteiger partial charge in [-0.05, 0) is 114 Å². The highest BCUT2D eigenvalue weighted by molar-refractivity contribution is 5.94.